The predicted octanol–water partition coefficient (Wildman–Crippen LogP) is 20.0. The molecule has 0 rings (SSSR count). The Hall–Kier alpha value is -4.71. The molecule has 0 amide bonds. The number of unbranched alkanes of at least 4 members (excludes halogenated alkanes) is 16. The molecule has 0 fully saturated rings. The topological polar surface area (TPSA) is 78.9 Å². The lowest BCUT2D eigenvalue weighted by Crippen LogP contribution is -2.30. The summed E-state index contributed by atoms with van der Waals surface area (Å²) in [5.74, 6) is -0.978. The smallest absolute Gasteiger partial charge is 0.306 e. The van der Waals surface area contributed by atoms with Crippen LogP contribution in [0.5, 0.6) is 0 Å². The van der Waals surface area contributed by atoms with E-state index in [1.54, 1.807) is 0 Å². The van der Waals surface area contributed by atoms with Gasteiger partial charge in [-0.1, -0.05) is 224 Å². The number of carbonyl (C=O) groups is 3. The van der Waals surface area contributed by atoms with Gasteiger partial charge in [-0.25, -0.2) is 0 Å². The molecule has 0 heterocycles. The molecule has 0 saturated carbocycles. The Morgan fingerprint density at radius 2 is 0.534 bits per heavy atom. The van der Waals surface area contributed by atoms with Crippen molar-refractivity contribution < 1.29 is 28.6 Å². The molecule has 6 heteroatoms. The van der Waals surface area contributed by atoms with Gasteiger partial charge in [0.2, 0.25) is 0 Å². The summed E-state index contributed by atoms with van der Waals surface area (Å²) in [5.41, 5.74) is 0. The molecule has 0 aromatic carbocycles. The van der Waals surface area contributed by atoms with Crippen LogP contribution in [0, 0.1) is 0 Å². The Labute approximate surface area is 448 Å². The Morgan fingerprint density at radius 3 is 0.849 bits per heavy atom. The zero-order chi connectivity index (χ0) is 52.9. The highest BCUT2D eigenvalue weighted by atomic mass is 16.6. The minimum Gasteiger partial charge on any atom is -0.462 e. The van der Waals surface area contributed by atoms with Crippen LogP contribution >= 0.6 is 0 Å². The fourth-order valence-electron chi connectivity index (χ4n) is 7.47. The second-order valence-corrected chi connectivity index (χ2v) is 18.8. The SMILES string of the molecule is CC/C=C\C/C=C\C/C=C\C/C=C\C/C=C\C/C=C\C/C=C\CCCCCC(=O)OCC(COC(=O)CCCCCCC/C=C\C/C=C\CCCCC)OC(=O)CCCCCCC/C=C\C/C=C\C/C=C\CC. The Morgan fingerprint density at radius 1 is 0.288 bits per heavy atom. The Bertz CT molecular complexity index is 1630. The maximum Gasteiger partial charge on any atom is 0.306 e. The highest BCUT2D eigenvalue weighted by Gasteiger charge is 2.19. The third-order valence-electron chi connectivity index (χ3n) is 11.8. The minimum atomic E-state index is -0.814. The predicted molar refractivity (Wildman–Crippen MR) is 315 cm³/mol. The summed E-state index contributed by atoms with van der Waals surface area (Å²) in [6, 6.07) is 0. The lowest BCUT2D eigenvalue weighted by atomic mass is 10.1. The van der Waals surface area contributed by atoms with E-state index in [0.717, 1.165) is 173 Å². The minimum absolute atomic E-state index is 0.109. The van der Waals surface area contributed by atoms with E-state index in [1.165, 1.54) is 25.7 Å². The van der Waals surface area contributed by atoms with E-state index < -0.39 is 6.10 Å². The van der Waals surface area contributed by atoms with Gasteiger partial charge in [0, 0.05) is 19.3 Å². The zero-order valence-corrected chi connectivity index (χ0v) is 46.8. The van der Waals surface area contributed by atoms with E-state index in [0.29, 0.717) is 19.3 Å². The maximum atomic E-state index is 12.9. The zero-order valence-electron chi connectivity index (χ0n) is 46.8. The van der Waals surface area contributed by atoms with Gasteiger partial charge in [-0.05, 0) is 141 Å². The molecule has 1 unspecified atom stereocenters. The van der Waals surface area contributed by atoms with Crippen molar-refractivity contribution in [2.45, 2.75) is 245 Å². The summed E-state index contributed by atoms with van der Waals surface area (Å²) in [5, 5.41) is 0. The van der Waals surface area contributed by atoms with Crippen molar-refractivity contribution in [2.24, 2.45) is 0 Å². The molecule has 0 spiro atoms. The van der Waals surface area contributed by atoms with Crippen molar-refractivity contribution in [1.82, 2.24) is 0 Å². The van der Waals surface area contributed by atoms with Crippen LogP contribution in [-0.2, 0) is 28.6 Å². The molecule has 0 saturated heterocycles. The molecular weight excluding hydrogens is 901 g/mol. The molecule has 73 heavy (non-hydrogen) atoms. The van der Waals surface area contributed by atoms with Crippen molar-refractivity contribution in [3.8, 4) is 0 Å². The van der Waals surface area contributed by atoms with Crippen molar-refractivity contribution in [3.05, 3.63) is 146 Å². The van der Waals surface area contributed by atoms with Crippen LogP contribution in [0.2, 0.25) is 0 Å². The van der Waals surface area contributed by atoms with Crippen molar-refractivity contribution in [1.29, 1.82) is 0 Å². The highest BCUT2D eigenvalue weighted by molar-refractivity contribution is 5.71. The second kappa shape index (κ2) is 59.8. The van der Waals surface area contributed by atoms with E-state index in [-0.39, 0.29) is 31.1 Å². The average molecular weight is 1010 g/mol. The Kier molecular flexibility index (Phi) is 56.0. The van der Waals surface area contributed by atoms with Crippen LogP contribution in [0.25, 0.3) is 0 Å². The lowest BCUT2D eigenvalue weighted by Gasteiger charge is -2.18. The van der Waals surface area contributed by atoms with Crippen LogP contribution in [0.4, 0.5) is 0 Å². The van der Waals surface area contributed by atoms with Crippen LogP contribution in [-0.4, -0.2) is 37.2 Å². The monoisotopic (exact) mass is 1010 g/mol. The number of ether oxygens (including phenoxy) is 3. The number of esters is 3. The first-order valence-electron chi connectivity index (χ1n) is 29.3. The Balaban J connectivity index is 4.49. The van der Waals surface area contributed by atoms with Gasteiger partial charge < -0.3 is 14.2 Å². The van der Waals surface area contributed by atoms with E-state index in [1.807, 2.05) is 0 Å². The van der Waals surface area contributed by atoms with Gasteiger partial charge in [0.1, 0.15) is 13.2 Å². The first-order valence-corrected chi connectivity index (χ1v) is 29.3. The standard InChI is InChI=1S/C67H106O6/c1-4-7-10-13-16-19-22-25-28-29-30-31-32-33-34-35-36-37-40-42-45-48-51-54-57-60-66(69)72-63-64(73-67(70)61-58-55-52-49-46-43-39-27-24-21-18-15-12-9-6-3)62-71-65(68)59-56-53-50-47-44-41-38-26-23-20-17-14-11-8-5-2/h7,9-10,12,16-21,25-28,30-31,33-34,36-39,42,45,64H,4-6,8,11,13-15,22-24,29,32,35,40-41,43-44,46-63H2,1-3H3/b10-7-,12-9-,19-16-,20-17-,21-18-,28-25-,31-30-,34-33-,37-36-,38-26-,39-27-,45-42-. The number of hydrogen-bond donors (Lipinski definition) is 0. The molecule has 0 aliphatic heterocycles. The third kappa shape index (κ3) is 58.1. The van der Waals surface area contributed by atoms with Crippen molar-refractivity contribution in [3.63, 3.8) is 0 Å². The molecular formula is C67H106O6. The van der Waals surface area contributed by atoms with E-state index in [4.69, 9.17) is 14.2 Å². The van der Waals surface area contributed by atoms with Gasteiger partial charge in [0.25, 0.3) is 0 Å². The molecule has 6 nitrogen and oxygen atoms in total. The number of hydrogen-bond acceptors (Lipinski definition) is 6. The second-order valence-electron chi connectivity index (χ2n) is 18.8. The number of rotatable bonds is 51. The van der Waals surface area contributed by atoms with Gasteiger partial charge in [-0.15, -0.1) is 0 Å². The van der Waals surface area contributed by atoms with Crippen LogP contribution < -0.4 is 0 Å². The van der Waals surface area contributed by atoms with Crippen LogP contribution in [0.1, 0.15) is 239 Å². The molecule has 0 aromatic rings. The van der Waals surface area contributed by atoms with Gasteiger partial charge in [-0.3, -0.25) is 14.4 Å². The van der Waals surface area contributed by atoms with Crippen molar-refractivity contribution in [2.75, 3.05) is 13.2 Å². The largest absolute Gasteiger partial charge is 0.462 e. The number of carbonyl (C=O) groups excluding carboxylic acids is 3. The van der Waals surface area contributed by atoms with Crippen LogP contribution in [0.15, 0.2) is 146 Å². The summed E-state index contributed by atoms with van der Waals surface area (Å²) in [7, 11) is 0. The molecule has 410 valence electrons. The third-order valence-corrected chi connectivity index (χ3v) is 11.8. The summed E-state index contributed by atoms with van der Waals surface area (Å²) >= 11 is 0. The fraction of sp³-hybridized carbons (Fsp3) is 0.597. The molecule has 0 N–H and O–H groups in total. The van der Waals surface area contributed by atoms with E-state index in [9.17, 15) is 14.4 Å². The molecule has 1 atom stereocenters. The number of allylic oxidation sites excluding steroid dienone is 24. The molecule has 0 radical (unpaired) electrons. The molecule has 0 bridgehead atoms. The first kappa shape index (κ1) is 68.3. The summed E-state index contributed by atoms with van der Waals surface area (Å²) in [4.78, 5) is 38.2. The highest BCUT2D eigenvalue weighted by Crippen LogP contribution is 2.13. The molecule has 0 aromatic heterocycles. The normalized spacial score (nSPS) is 13.2. The fourth-order valence-corrected chi connectivity index (χ4v) is 7.47. The summed E-state index contributed by atoms with van der Waals surface area (Å²) in [6.45, 7) is 6.32. The summed E-state index contributed by atoms with van der Waals surface area (Å²) in [6.07, 6.45) is 85.5. The van der Waals surface area contributed by atoms with Crippen molar-refractivity contribution >= 4 is 17.9 Å². The maximum absolute atomic E-state index is 12.9. The van der Waals surface area contributed by atoms with Gasteiger partial charge >= 0.3 is 17.9 Å². The average Bonchev–Trinajstić information content (AvgIpc) is 3.39. The van der Waals surface area contributed by atoms with Gasteiger partial charge in [-0.2, -0.15) is 0 Å². The van der Waals surface area contributed by atoms with E-state index in [2.05, 4.69) is 167 Å². The van der Waals surface area contributed by atoms with E-state index >= 15 is 0 Å². The molecule has 0 aliphatic rings. The quantitative estimate of drug-likeness (QED) is 0.0261. The van der Waals surface area contributed by atoms with Crippen LogP contribution in [0.3, 0.4) is 0 Å². The first-order chi connectivity index (χ1) is 36.0. The van der Waals surface area contributed by atoms with Gasteiger partial charge in [0.05, 0.1) is 0 Å². The van der Waals surface area contributed by atoms with Gasteiger partial charge in [0.15, 0.2) is 6.10 Å². The molecule has 0 aliphatic carbocycles. The summed E-state index contributed by atoms with van der Waals surface area (Å²) < 4.78 is 16.8. The lowest BCUT2D eigenvalue weighted by molar-refractivity contribution is -0.167.